The average molecular weight is 361 g/mol. The molecule has 0 aliphatic carbocycles. The molecular weight excluding hydrogens is 342 g/mol. The number of hydrogen-bond acceptors (Lipinski definition) is 4. The van der Waals surface area contributed by atoms with Gasteiger partial charge in [-0.1, -0.05) is 35.9 Å². The first-order valence-corrected chi connectivity index (χ1v) is 10.1. The number of thiophene rings is 1. The van der Waals surface area contributed by atoms with Gasteiger partial charge in [-0.25, -0.2) is 8.42 Å². The predicted octanol–water partition coefficient (Wildman–Crippen LogP) is 4.18. The summed E-state index contributed by atoms with van der Waals surface area (Å²) in [6.45, 7) is 2.64. The van der Waals surface area contributed by atoms with Crippen molar-refractivity contribution in [1.82, 2.24) is 4.31 Å². The van der Waals surface area contributed by atoms with Crippen LogP contribution < -0.4 is 0 Å². The van der Waals surface area contributed by atoms with Crippen LogP contribution >= 0.6 is 11.3 Å². The van der Waals surface area contributed by atoms with E-state index in [0.29, 0.717) is 13.1 Å². The second-order valence-corrected chi connectivity index (χ2v) is 8.73. The minimum absolute atomic E-state index is 0.00208. The van der Waals surface area contributed by atoms with Crippen molar-refractivity contribution >= 4 is 21.4 Å². The predicted molar refractivity (Wildman–Crippen MR) is 96.1 cm³/mol. The molecule has 0 radical (unpaired) electrons. The highest BCUT2D eigenvalue weighted by molar-refractivity contribution is 7.88. The molecule has 1 aromatic carbocycles. The van der Waals surface area contributed by atoms with Crippen LogP contribution in [0, 0.1) is 6.92 Å². The molecule has 0 amide bonds. The van der Waals surface area contributed by atoms with Gasteiger partial charge in [0.2, 0.25) is 10.0 Å². The van der Waals surface area contributed by atoms with Crippen molar-refractivity contribution in [3.8, 4) is 0 Å². The van der Waals surface area contributed by atoms with E-state index >= 15 is 0 Å². The SMILES string of the molecule is Cc1cccc(CS(=O)(=O)N(Cc2ccoc2)Cc2cccs2)c1. The van der Waals surface area contributed by atoms with Crippen LogP contribution in [-0.4, -0.2) is 12.7 Å². The molecular formula is C18H19NO3S2. The minimum atomic E-state index is -3.45. The fraction of sp³-hybridized carbons (Fsp3) is 0.222. The van der Waals surface area contributed by atoms with Crippen molar-refractivity contribution in [3.63, 3.8) is 0 Å². The molecule has 3 aromatic rings. The summed E-state index contributed by atoms with van der Waals surface area (Å²) in [6, 6.07) is 13.3. The van der Waals surface area contributed by atoms with Gasteiger partial charge in [-0.05, 0) is 30.0 Å². The second kappa shape index (κ2) is 7.34. The molecule has 6 heteroatoms. The Hall–Kier alpha value is -1.89. The highest BCUT2D eigenvalue weighted by Gasteiger charge is 2.24. The normalized spacial score (nSPS) is 11.9. The maximum absolute atomic E-state index is 13.0. The summed E-state index contributed by atoms with van der Waals surface area (Å²) >= 11 is 1.56. The zero-order valence-electron chi connectivity index (χ0n) is 13.4. The third-order valence-corrected chi connectivity index (χ3v) is 6.28. The van der Waals surface area contributed by atoms with Gasteiger partial charge in [0.1, 0.15) is 0 Å². The van der Waals surface area contributed by atoms with Crippen molar-refractivity contribution in [3.05, 3.63) is 81.9 Å². The van der Waals surface area contributed by atoms with E-state index in [1.54, 1.807) is 29.9 Å². The topological polar surface area (TPSA) is 50.5 Å². The molecule has 0 spiro atoms. The molecule has 0 bridgehead atoms. The van der Waals surface area contributed by atoms with Crippen LogP contribution in [-0.2, 0) is 28.9 Å². The van der Waals surface area contributed by atoms with Gasteiger partial charge in [0.25, 0.3) is 0 Å². The molecule has 0 fully saturated rings. The quantitative estimate of drug-likeness (QED) is 0.634. The first-order valence-electron chi connectivity index (χ1n) is 7.60. The smallest absolute Gasteiger partial charge is 0.218 e. The summed E-state index contributed by atoms with van der Waals surface area (Å²) < 4.78 is 32.5. The molecule has 0 aliphatic heterocycles. The third kappa shape index (κ3) is 4.35. The molecule has 4 nitrogen and oxygen atoms in total. The van der Waals surface area contributed by atoms with Gasteiger partial charge in [-0.2, -0.15) is 4.31 Å². The van der Waals surface area contributed by atoms with Crippen molar-refractivity contribution in [2.24, 2.45) is 0 Å². The second-order valence-electron chi connectivity index (χ2n) is 5.72. The van der Waals surface area contributed by atoms with Crippen LogP contribution in [0.5, 0.6) is 0 Å². The Kier molecular flexibility index (Phi) is 5.18. The summed E-state index contributed by atoms with van der Waals surface area (Å²) in [6.07, 6.45) is 3.15. The lowest BCUT2D eigenvalue weighted by atomic mass is 10.2. The molecule has 0 saturated heterocycles. The van der Waals surface area contributed by atoms with Crippen LogP contribution in [0.2, 0.25) is 0 Å². The van der Waals surface area contributed by atoms with Gasteiger partial charge >= 0.3 is 0 Å². The van der Waals surface area contributed by atoms with Crippen LogP contribution in [0.1, 0.15) is 21.6 Å². The van der Waals surface area contributed by atoms with E-state index in [9.17, 15) is 8.42 Å². The van der Waals surface area contributed by atoms with E-state index in [1.165, 1.54) is 4.31 Å². The fourth-order valence-electron chi connectivity index (χ4n) is 2.52. The highest BCUT2D eigenvalue weighted by atomic mass is 32.2. The zero-order chi connectivity index (χ0) is 17.0. The van der Waals surface area contributed by atoms with E-state index in [1.807, 2.05) is 48.7 Å². The summed E-state index contributed by atoms with van der Waals surface area (Å²) in [4.78, 5) is 1.02. The Balaban J connectivity index is 1.84. The largest absolute Gasteiger partial charge is 0.472 e. The van der Waals surface area contributed by atoms with Gasteiger partial charge in [0, 0.05) is 23.5 Å². The lowest BCUT2D eigenvalue weighted by Crippen LogP contribution is -2.31. The Bertz CT molecular complexity index is 833. The number of benzene rings is 1. The van der Waals surface area contributed by atoms with E-state index in [4.69, 9.17) is 4.42 Å². The van der Waals surface area contributed by atoms with Crippen molar-refractivity contribution in [2.45, 2.75) is 25.8 Å². The average Bonchev–Trinajstić information content (AvgIpc) is 3.19. The number of nitrogens with zero attached hydrogens (tertiary/aromatic N) is 1. The Labute approximate surface area is 146 Å². The number of furan rings is 1. The van der Waals surface area contributed by atoms with E-state index in [0.717, 1.165) is 21.6 Å². The van der Waals surface area contributed by atoms with Gasteiger partial charge in [0.15, 0.2) is 0 Å². The van der Waals surface area contributed by atoms with Gasteiger partial charge in [-0.3, -0.25) is 0 Å². The first kappa shape index (κ1) is 17.0. The Morgan fingerprint density at radius 3 is 2.62 bits per heavy atom. The van der Waals surface area contributed by atoms with E-state index < -0.39 is 10.0 Å². The van der Waals surface area contributed by atoms with Crippen LogP contribution in [0.25, 0.3) is 0 Å². The summed E-state index contributed by atoms with van der Waals surface area (Å²) in [5.41, 5.74) is 2.71. The highest BCUT2D eigenvalue weighted by Crippen LogP contribution is 2.21. The van der Waals surface area contributed by atoms with Crippen LogP contribution in [0.3, 0.4) is 0 Å². The van der Waals surface area contributed by atoms with E-state index in [-0.39, 0.29) is 5.75 Å². The molecule has 0 N–H and O–H groups in total. The molecule has 0 atom stereocenters. The van der Waals surface area contributed by atoms with Crippen LogP contribution in [0.4, 0.5) is 0 Å². The third-order valence-electron chi connectivity index (χ3n) is 3.68. The summed E-state index contributed by atoms with van der Waals surface area (Å²) in [5.74, 6) is -0.00208. The molecule has 2 heterocycles. The monoisotopic (exact) mass is 361 g/mol. The van der Waals surface area contributed by atoms with E-state index in [2.05, 4.69) is 0 Å². The number of rotatable bonds is 7. The number of aryl methyl sites for hydroxylation is 1. The van der Waals surface area contributed by atoms with Crippen molar-refractivity contribution in [2.75, 3.05) is 0 Å². The zero-order valence-corrected chi connectivity index (χ0v) is 15.0. The number of hydrogen-bond donors (Lipinski definition) is 0. The molecule has 3 rings (SSSR count). The summed E-state index contributed by atoms with van der Waals surface area (Å²) in [5, 5.41) is 1.96. The fourth-order valence-corrected chi connectivity index (χ4v) is 4.79. The maximum atomic E-state index is 13.0. The minimum Gasteiger partial charge on any atom is -0.472 e. The molecule has 126 valence electrons. The molecule has 24 heavy (non-hydrogen) atoms. The van der Waals surface area contributed by atoms with Gasteiger partial charge < -0.3 is 4.42 Å². The van der Waals surface area contributed by atoms with Gasteiger partial charge in [-0.15, -0.1) is 11.3 Å². The molecule has 0 saturated carbocycles. The first-order chi connectivity index (χ1) is 11.5. The Morgan fingerprint density at radius 2 is 1.96 bits per heavy atom. The lowest BCUT2D eigenvalue weighted by Gasteiger charge is -2.21. The Morgan fingerprint density at radius 1 is 1.08 bits per heavy atom. The summed E-state index contributed by atoms with van der Waals surface area (Å²) in [7, 11) is -3.45. The van der Waals surface area contributed by atoms with Gasteiger partial charge in [0.05, 0.1) is 18.3 Å². The van der Waals surface area contributed by atoms with Crippen molar-refractivity contribution < 1.29 is 12.8 Å². The lowest BCUT2D eigenvalue weighted by molar-refractivity contribution is 0.401. The molecule has 2 aromatic heterocycles. The van der Waals surface area contributed by atoms with Crippen LogP contribution in [0.15, 0.2) is 64.8 Å². The maximum Gasteiger partial charge on any atom is 0.218 e. The molecule has 0 unspecified atom stereocenters. The van der Waals surface area contributed by atoms with Crippen molar-refractivity contribution in [1.29, 1.82) is 0 Å². The standard InChI is InChI=1S/C18H19NO3S2/c1-15-4-2-5-16(10-15)14-24(20,21)19(11-17-7-8-22-13-17)12-18-6-3-9-23-18/h2-10,13H,11-12,14H2,1H3. The molecule has 0 aliphatic rings. The number of sulfonamides is 1.